The van der Waals surface area contributed by atoms with Gasteiger partial charge in [-0.2, -0.15) is 15.1 Å². The zero-order valence-corrected chi connectivity index (χ0v) is 18.9. The number of anilines is 1. The van der Waals surface area contributed by atoms with Crippen LogP contribution in [-0.4, -0.2) is 75.1 Å². The lowest BCUT2D eigenvalue weighted by molar-refractivity contribution is 0.0195. The molecule has 0 amide bonds. The number of H-pyrrole nitrogens is 1. The largest absolute Gasteiger partial charge is 0.498 e. The van der Waals surface area contributed by atoms with Crippen LogP contribution in [0.25, 0.3) is 27.8 Å². The van der Waals surface area contributed by atoms with Crippen molar-refractivity contribution in [2.45, 2.75) is 49.5 Å². The van der Waals surface area contributed by atoms with Crippen LogP contribution in [-0.2, 0) is 0 Å². The Kier molecular flexibility index (Phi) is 4.92. The highest BCUT2D eigenvalue weighted by atomic mass is 16.5. The third-order valence-electron chi connectivity index (χ3n) is 5.88. The second kappa shape index (κ2) is 7.55. The zero-order chi connectivity index (χ0) is 22.5. The molecule has 0 spiro atoms. The molecule has 0 bridgehead atoms. The molecule has 1 saturated carbocycles. The van der Waals surface area contributed by atoms with Gasteiger partial charge < -0.3 is 20.1 Å². The van der Waals surface area contributed by atoms with Gasteiger partial charge in [-0.3, -0.25) is 0 Å². The summed E-state index contributed by atoms with van der Waals surface area (Å²) < 4.78 is 8.03. The number of hydrogen-bond donors (Lipinski definition) is 3. The highest BCUT2D eigenvalue weighted by molar-refractivity contribution is 6.58. The Balaban J connectivity index is 1.54. The van der Waals surface area contributed by atoms with Gasteiger partial charge in [0.25, 0.3) is 0 Å². The van der Waals surface area contributed by atoms with Crippen LogP contribution in [0, 0.1) is 0 Å². The van der Waals surface area contributed by atoms with E-state index in [1.807, 2.05) is 55.0 Å². The van der Waals surface area contributed by atoms with E-state index in [1.165, 1.54) is 6.33 Å². The summed E-state index contributed by atoms with van der Waals surface area (Å²) in [7, 11) is 6.02. The van der Waals surface area contributed by atoms with Gasteiger partial charge >= 0.3 is 0 Å². The highest BCUT2D eigenvalue weighted by Crippen LogP contribution is 2.36. The Labute approximate surface area is 188 Å². The smallest absolute Gasteiger partial charge is 0.228 e. The number of rotatable bonds is 5. The van der Waals surface area contributed by atoms with E-state index in [2.05, 4.69) is 20.4 Å². The fraction of sp³-hybridized carbons (Fsp3) is 0.400. The minimum Gasteiger partial charge on any atom is -0.498 e. The van der Waals surface area contributed by atoms with Crippen molar-refractivity contribution in [1.82, 2.24) is 29.5 Å². The first kappa shape index (κ1) is 20.9. The average molecular weight is 429 g/mol. The summed E-state index contributed by atoms with van der Waals surface area (Å²) >= 11 is 0. The number of aliphatic hydroxyl groups is 1. The highest BCUT2D eigenvalue weighted by Gasteiger charge is 2.29. The molecule has 4 aromatic rings. The molecular weight excluding hydrogens is 403 g/mol. The van der Waals surface area contributed by atoms with Gasteiger partial charge in [0.15, 0.2) is 5.65 Å². The van der Waals surface area contributed by atoms with Crippen LogP contribution >= 0.6 is 0 Å². The van der Waals surface area contributed by atoms with E-state index in [9.17, 15) is 5.11 Å². The first-order valence-electron chi connectivity index (χ1n) is 11.0. The number of pyridine rings is 1. The van der Waals surface area contributed by atoms with Crippen molar-refractivity contribution in [3.63, 3.8) is 0 Å². The minimum atomic E-state index is -0.580. The van der Waals surface area contributed by atoms with Gasteiger partial charge in [0.2, 0.25) is 11.8 Å². The Morgan fingerprint density at radius 2 is 2.03 bits per heavy atom. The molecule has 0 atom stereocenters. The number of fused-ring (bicyclic) bond motifs is 2. The van der Waals surface area contributed by atoms with Gasteiger partial charge in [0.05, 0.1) is 11.0 Å². The number of hydrogen-bond acceptors (Lipinski definition) is 7. The van der Waals surface area contributed by atoms with E-state index < -0.39 is 10.9 Å². The summed E-state index contributed by atoms with van der Waals surface area (Å²) in [4.78, 5) is 17.0. The number of nitrogens with zero attached hydrogens (tertiary/aromatic N) is 5. The molecule has 0 radical (unpaired) electrons. The SMILES string of the molecule is BC(B)(B)Oc1nc(N[C@H]2CC[C@](C)(O)CC2)nc2[nH]cc(-c3ccc4ncnn4c3)c12. The minimum absolute atomic E-state index is 0.222. The maximum Gasteiger partial charge on any atom is 0.228 e. The third kappa shape index (κ3) is 4.19. The van der Waals surface area contributed by atoms with Crippen LogP contribution in [0.15, 0.2) is 30.9 Å². The van der Waals surface area contributed by atoms with Crippen LogP contribution < -0.4 is 10.1 Å². The summed E-state index contributed by atoms with van der Waals surface area (Å²) in [5.41, 5.74) is 2.82. The Hall–Kier alpha value is -3.01. The molecule has 12 heteroatoms. The van der Waals surface area contributed by atoms with E-state index >= 15 is 0 Å². The molecule has 0 saturated heterocycles. The molecule has 1 aliphatic rings. The zero-order valence-electron chi connectivity index (χ0n) is 18.9. The maximum atomic E-state index is 10.2. The van der Waals surface area contributed by atoms with E-state index in [0.717, 1.165) is 47.8 Å². The van der Waals surface area contributed by atoms with Crippen LogP contribution in [0.5, 0.6) is 5.88 Å². The fourth-order valence-electron chi connectivity index (χ4n) is 4.20. The molecule has 162 valence electrons. The van der Waals surface area contributed by atoms with E-state index in [-0.39, 0.29) is 6.04 Å². The van der Waals surface area contributed by atoms with Gasteiger partial charge in [0, 0.05) is 34.9 Å². The normalized spacial score (nSPS) is 21.8. The molecule has 3 N–H and O–H groups in total. The predicted molar refractivity (Wildman–Crippen MR) is 131 cm³/mol. The van der Waals surface area contributed by atoms with Crippen molar-refractivity contribution < 1.29 is 9.84 Å². The van der Waals surface area contributed by atoms with Crippen molar-refractivity contribution in [3.8, 4) is 17.0 Å². The van der Waals surface area contributed by atoms with E-state index in [0.29, 0.717) is 17.5 Å². The topological polar surface area (TPSA) is 113 Å². The van der Waals surface area contributed by atoms with Crippen LogP contribution in [0.4, 0.5) is 5.95 Å². The van der Waals surface area contributed by atoms with Crippen molar-refractivity contribution >= 4 is 46.2 Å². The molecule has 0 aromatic carbocycles. The predicted octanol–water partition coefficient (Wildman–Crippen LogP) is -0.338. The summed E-state index contributed by atoms with van der Waals surface area (Å²) in [6, 6.07) is 4.16. The lowest BCUT2D eigenvalue weighted by Crippen LogP contribution is -2.38. The van der Waals surface area contributed by atoms with Crippen molar-refractivity contribution in [1.29, 1.82) is 0 Å². The van der Waals surface area contributed by atoms with Gasteiger partial charge in [-0.15, -0.1) is 0 Å². The average Bonchev–Trinajstić information content (AvgIpc) is 3.34. The van der Waals surface area contributed by atoms with Gasteiger partial charge in [-0.1, -0.05) is 0 Å². The summed E-state index contributed by atoms with van der Waals surface area (Å²) in [6.07, 6.45) is 8.66. The summed E-state index contributed by atoms with van der Waals surface area (Å²) in [6.45, 7) is 1.90. The van der Waals surface area contributed by atoms with Gasteiger partial charge in [-0.05, 0) is 44.7 Å². The Bertz CT molecular complexity index is 1270. The number of nitrogens with one attached hydrogen (secondary N) is 2. The molecular formula is C20H26B3N7O2. The quantitative estimate of drug-likeness (QED) is 0.373. The van der Waals surface area contributed by atoms with E-state index in [1.54, 1.807) is 4.52 Å². The van der Waals surface area contributed by atoms with E-state index in [4.69, 9.17) is 14.7 Å². The third-order valence-corrected chi connectivity index (χ3v) is 5.88. The monoisotopic (exact) mass is 429 g/mol. The number of aromatic nitrogens is 6. The number of ether oxygens (including phenoxy) is 1. The Morgan fingerprint density at radius 1 is 1.25 bits per heavy atom. The molecule has 1 aliphatic carbocycles. The Morgan fingerprint density at radius 3 is 2.78 bits per heavy atom. The molecule has 1 fully saturated rings. The second-order valence-corrected chi connectivity index (χ2v) is 9.89. The van der Waals surface area contributed by atoms with Crippen molar-refractivity contribution in [2.75, 3.05) is 5.32 Å². The molecule has 32 heavy (non-hydrogen) atoms. The van der Waals surface area contributed by atoms with Crippen LogP contribution in [0.3, 0.4) is 0 Å². The lowest BCUT2D eigenvalue weighted by atomic mass is 9.52. The first-order chi connectivity index (χ1) is 15.2. The molecule has 4 heterocycles. The van der Waals surface area contributed by atoms with Crippen LogP contribution in [0.1, 0.15) is 32.6 Å². The molecule has 4 aromatic heterocycles. The maximum absolute atomic E-state index is 10.2. The summed E-state index contributed by atoms with van der Waals surface area (Å²) in [5, 5.41) is 18.3. The fourth-order valence-corrected chi connectivity index (χ4v) is 4.20. The van der Waals surface area contributed by atoms with Crippen molar-refractivity contribution in [2.24, 2.45) is 0 Å². The molecule has 5 rings (SSSR count). The molecule has 0 aliphatic heterocycles. The number of aromatic amines is 1. The molecule has 0 unspecified atom stereocenters. The molecule has 9 nitrogen and oxygen atoms in total. The first-order valence-corrected chi connectivity index (χ1v) is 11.0. The second-order valence-electron chi connectivity index (χ2n) is 9.89. The van der Waals surface area contributed by atoms with Gasteiger partial charge in [-0.25, -0.2) is 9.50 Å². The van der Waals surface area contributed by atoms with Crippen LogP contribution in [0.2, 0.25) is 0 Å². The lowest BCUT2D eigenvalue weighted by Gasteiger charge is -2.33. The summed E-state index contributed by atoms with van der Waals surface area (Å²) in [5.74, 6) is 1.06. The van der Waals surface area contributed by atoms with Crippen molar-refractivity contribution in [3.05, 3.63) is 30.9 Å². The van der Waals surface area contributed by atoms with Gasteiger partial charge in [0.1, 0.15) is 35.5 Å². The standard InChI is InChI=1S/C20H26B3N7O2/c1-19(31)6-4-12(5-7-19)27-18-28-16-15(17(29-18)32-20(21,22)23)13(8-24-16)11-2-3-14-25-10-26-30(14)9-11/h2-3,8-10,12,31H,4-7,21-23H2,1H3,(H2,24,27,28,29)/t12-,19-.